The van der Waals surface area contributed by atoms with Crippen LogP contribution in [-0.2, 0) is 0 Å². The minimum absolute atomic E-state index is 0.455. The van der Waals surface area contributed by atoms with Gasteiger partial charge in [0, 0.05) is 18.6 Å². The minimum Gasteiger partial charge on any atom is -0.327 e. The van der Waals surface area contributed by atoms with Gasteiger partial charge in [0.1, 0.15) is 0 Å². The normalized spacial score (nSPS) is 25.8. The van der Waals surface area contributed by atoms with Gasteiger partial charge in [-0.3, -0.25) is 0 Å². The average molecular weight is 240 g/mol. The molecule has 2 heteroatoms. The van der Waals surface area contributed by atoms with E-state index in [9.17, 15) is 0 Å². The van der Waals surface area contributed by atoms with Crippen LogP contribution in [0.5, 0.6) is 0 Å². The maximum absolute atomic E-state index is 6.26. The molecule has 2 N–H and O–H groups in total. The predicted molar refractivity (Wildman–Crippen MR) is 76.2 cm³/mol. The molecule has 0 aromatic rings. The van der Waals surface area contributed by atoms with Crippen LogP contribution < -0.4 is 5.73 Å². The first-order chi connectivity index (χ1) is 8.15. The molecule has 2 nitrogen and oxygen atoms in total. The summed E-state index contributed by atoms with van der Waals surface area (Å²) >= 11 is 0. The Bertz CT molecular complexity index is 191. The Hall–Kier alpha value is -0.0800. The number of nitrogens with two attached hydrogens (primary N) is 1. The van der Waals surface area contributed by atoms with Gasteiger partial charge in [0.25, 0.3) is 0 Å². The number of hydrogen-bond acceptors (Lipinski definition) is 2. The minimum atomic E-state index is 0.455. The first kappa shape index (κ1) is 15.0. The number of hydrogen-bond donors (Lipinski definition) is 1. The molecule has 102 valence electrons. The molecule has 17 heavy (non-hydrogen) atoms. The fourth-order valence-electron chi connectivity index (χ4n) is 2.89. The molecule has 1 fully saturated rings. The first-order valence-corrected chi connectivity index (χ1v) is 7.64. The van der Waals surface area contributed by atoms with Crippen LogP contribution in [0, 0.1) is 5.92 Å². The van der Waals surface area contributed by atoms with E-state index in [1.165, 1.54) is 58.0 Å². The second-order valence-electron chi connectivity index (χ2n) is 6.00. The Morgan fingerprint density at radius 2 is 1.88 bits per heavy atom. The Morgan fingerprint density at radius 1 is 1.18 bits per heavy atom. The molecule has 0 heterocycles. The zero-order valence-corrected chi connectivity index (χ0v) is 12.1. The number of unbranched alkanes of at least 4 members (excludes halogenated alkanes) is 2. The smallest absolute Gasteiger partial charge is 0.00793 e. The molecular weight excluding hydrogens is 208 g/mol. The highest BCUT2D eigenvalue weighted by atomic mass is 15.1. The van der Waals surface area contributed by atoms with Gasteiger partial charge in [0.05, 0.1) is 0 Å². The Labute approximate surface area is 108 Å². The van der Waals surface area contributed by atoms with Crippen LogP contribution in [0.3, 0.4) is 0 Å². The van der Waals surface area contributed by atoms with Gasteiger partial charge in [-0.1, -0.05) is 32.6 Å². The molecule has 0 spiro atoms. The summed E-state index contributed by atoms with van der Waals surface area (Å²) in [6.07, 6.45) is 9.34. The molecule has 0 aromatic carbocycles. The lowest BCUT2D eigenvalue weighted by Gasteiger charge is -2.35. The maximum Gasteiger partial charge on any atom is 0.00793 e. The van der Waals surface area contributed by atoms with Crippen molar-refractivity contribution in [3.63, 3.8) is 0 Å². The average Bonchev–Trinajstić information content (AvgIpc) is 2.30. The molecule has 1 aliphatic rings. The lowest BCUT2D eigenvalue weighted by molar-refractivity contribution is 0.151. The number of nitrogens with zero attached hydrogens (tertiary/aromatic N) is 1. The highest BCUT2D eigenvalue weighted by Gasteiger charge is 2.24. The van der Waals surface area contributed by atoms with E-state index in [4.69, 9.17) is 5.73 Å². The standard InChI is InChI=1S/C15H32N2/c1-4-5-8-11-17(13(2)3)12-14-9-6-7-10-15(14)16/h13-15H,4-12,16H2,1-3H3. The van der Waals surface area contributed by atoms with Crippen LogP contribution in [0.2, 0.25) is 0 Å². The summed E-state index contributed by atoms with van der Waals surface area (Å²) in [5, 5.41) is 0. The van der Waals surface area contributed by atoms with Gasteiger partial charge >= 0.3 is 0 Å². The van der Waals surface area contributed by atoms with Crippen molar-refractivity contribution in [3.05, 3.63) is 0 Å². The fourth-order valence-corrected chi connectivity index (χ4v) is 2.89. The summed E-state index contributed by atoms with van der Waals surface area (Å²) < 4.78 is 0. The molecule has 0 amide bonds. The zero-order chi connectivity index (χ0) is 12.7. The molecular formula is C15H32N2. The SMILES string of the molecule is CCCCCN(CC1CCCCC1N)C(C)C. The van der Waals surface area contributed by atoms with Gasteiger partial charge in [-0.25, -0.2) is 0 Å². The van der Waals surface area contributed by atoms with Crippen molar-refractivity contribution in [3.8, 4) is 0 Å². The third-order valence-corrected chi connectivity index (χ3v) is 4.22. The van der Waals surface area contributed by atoms with Crippen molar-refractivity contribution in [2.45, 2.75) is 77.8 Å². The van der Waals surface area contributed by atoms with Gasteiger partial charge in [-0.2, -0.15) is 0 Å². The Balaban J connectivity index is 2.36. The Kier molecular flexibility index (Phi) is 7.14. The monoisotopic (exact) mass is 240 g/mol. The van der Waals surface area contributed by atoms with Crippen LogP contribution in [-0.4, -0.2) is 30.1 Å². The summed E-state index contributed by atoms with van der Waals surface area (Å²) in [6.45, 7) is 9.40. The summed E-state index contributed by atoms with van der Waals surface area (Å²) in [5.74, 6) is 0.743. The summed E-state index contributed by atoms with van der Waals surface area (Å²) in [6, 6.07) is 1.12. The molecule has 0 aromatic heterocycles. The van der Waals surface area contributed by atoms with E-state index in [2.05, 4.69) is 25.7 Å². The summed E-state index contributed by atoms with van der Waals surface area (Å²) in [7, 11) is 0. The molecule has 2 unspecified atom stereocenters. The third-order valence-electron chi connectivity index (χ3n) is 4.22. The van der Waals surface area contributed by atoms with E-state index in [0.717, 1.165) is 5.92 Å². The third kappa shape index (κ3) is 5.39. The van der Waals surface area contributed by atoms with Crippen LogP contribution in [0.25, 0.3) is 0 Å². The molecule has 1 saturated carbocycles. The van der Waals surface area contributed by atoms with Gasteiger partial charge in [-0.15, -0.1) is 0 Å². The molecule has 2 atom stereocenters. The zero-order valence-electron chi connectivity index (χ0n) is 12.1. The molecule has 0 radical (unpaired) electrons. The highest BCUT2D eigenvalue weighted by molar-refractivity contribution is 4.81. The van der Waals surface area contributed by atoms with E-state index in [0.29, 0.717) is 12.1 Å². The van der Waals surface area contributed by atoms with Crippen LogP contribution >= 0.6 is 0 Å². The van der Waals surface area contributed by atoms with Gasteiger partial charge in [0.2, 0.25) is 0 Å². The molecule has 0 bridgehead atoms. The summed E-state index contributed by atoms with van der Waals surface area (Å²) in [5.41, 5.74) is 6.26. The number of rotatable bonds is 7. The molecule has 1 aliphatic carbocycles. The van der Waals surface area contributed by atoms with Gasteiger partial charge < -0.3 is 10.6 Å². The van der Waals surface area contributed by atoms with Crippen molar-refractivity contribution in [1.82, 2.24) is 4.90 Å². The van der Waals surface area contributed by atoms with Gasteiger partial charge in [0.15, 0.2) is 0 Å². The van der Waals surface area contributed by atoms with Crippen molar-refractivity contribution >= 4 is 0 Å². The maximum atomic E-state index is 6.26. The largest absolute Gasteiger partial charge is 0.327 e. The van der Waals surface area contributed by atoms with Crippen LogP contribution in [0.1, 0.15) is 65.7 Å². The van der Waals surface area contributed by atoms with Crippen molar-refractivity contribution in [1.29, 1.82) is 0 Å². The lowest BCUT2D eigenvalue weighted by Crippen LogP contribution is -2.43. The lowest BCUT2D eigenvalue weighted by atomic mass is 9.84. The second-order valence-corrected chi connectivity index (χ2v) is 6.00. The van der Waals surface area contributed by atoms with E-state index >= 15 is 0 Å². The fraction of sp³-hybridized carbons (Fsp3) is 1.00. The van der Waals surface area contributed by atoms with E-state index in [-0.39, 0.29) is 0 Å². The van der Waals surface area contributed by atoms with Crippen LogP contribution in [0.4, 0.5) is 0 Å². The molecule has 0 aliphatic heterocycles. The highest BCUT2D eigenvalue weighted by Crippen LogP contribution is 2.24. The predicted octanol–water partition coefficient (Wildman–Crippen LogP) is 3.40. The van der Waals surface area contributed by atoms with E-state index in [1.54, 1.807) is 0 Å². The van der Waals surface area contributed by atoms with Crippen LogP contribution in [0.15, 0.2) is 0 Å². The summed E-state index contributed by atoms with van der Waals surface area (Å²) in [4.78, 5) is 2.64. The Morgan fingerprint density at radius 3 is 2.47 bits per heavy atom. The second kappa shape index (κ2) is 8.10. The topological polar surface area (TPSA) is 29.3 Å². The molecule has 1 rings (SSSR count). The van der Waals surface area contributed by atoms with Gasteiger partial charge in [-0.05, 0) is 45.6 Å². The van der Waals surface area contributed by atoms with Crippen molar-refractivity contribution in [2.24, 2.45) is 11.7 Å². The van der Waals surface area contributed by atoms with Crippen molar-refractivity contribution in [2.75, 3.05) is 13.1 Å². The first-order valence-electron chi connectivity index (χ1n) is 7.64. The quantitative estimate of drug-likeness (QED) is 0.691. The van der Waals surface area contributed by atoms with Crippen molar-refractivity contribution < 1.29 is 0 Å². The molecule has 0 saturated heterocycles. The van der Waals surface area contributed by atoms with E-state index < -0.39 is 0 Å². The van der Waals surface area contributed by atoms with E-state index in [1.807, 2.05) is 0 Å².